The molecule has 3 spiro atoms. The zero-order valence-corrected chi connectivity index (χ0v) is 74.1. The molecule has 10 fully saturated rings. The number of piperidine rings is 6. The van der Waals surface area contributed by atoms with Crippen LogP contribution in [0, 0.1) is 22.2 Å². The molecule has 34 nitrogen and oxygen atoms in total. The van der Waals surface area contributed by atoms with Crippen molar-refractivity contribution in [1.29, 1.82) is 0 Å². The van der Waals surface area contributed by atoms with Crippen molar-refractivity contribution in [2.24, 2.45) is 29.2 Å². The van der Waals surface area contributed by atoms with Gasteiger partial charge in [0.25, 0.3) is 23.6 Å². The minimum Gasteiger partial charge on any atom is -0.495 e. The molecular formula is C92H113F4N23O11. The Bertz CT molecular complexity index is 5650. The van der Waals surface area contributed by atoms with Crippen LogP contribution >= 0.6 is 0 Å². The number of nitrogens with zero attached hydrogens (tertiary/aromatic N) is 17. The molecular weight excluding hydrogens is 1680 g/mol. The smallest absolute Gasteiger partial charge is 0.342 e. The average molecular weight is 1790 g/mol. The number of hydrogen-bond donors (Lipinski definition) is 6. The standard InChI is InChI=1S/C92H113F4N23O11/c1-56(117-54-91(93,94)83(126)108(2)68-48-97-85(105-77(68)117)100-64-19-17-59(45-71(64)130-5)80(123)107-115-36-26-61(27-37-115)114-51-89(52-114)31-41-111(42-32-89)65-12-8-13-66-76(65)109(3)87(128)119(66)67-20-21-74(120)103-81(67)124)23-38-116-69-49-98-86(106-78(69)118(62-10-6-7-11-62)55-92(95,96)84(116)127)101-63-18-16-58(44-70(63)129-4)79(122)99-60-46-88(47-60)29-39-110(40-30-88)50-57-24-34-112(35-25-57)72-14-9-15-73(102-72)113-43-33-90(53-113)28-22-75(121)104-82(90)125/h8-9,12-19,44-45,48-49,56-57,60-62,67H,6-7,10-11,20-43,46-47,50-55H2,1-5H3,(H,99,122)(H,107,123)(H,97,100,105)(H,98,101,106)(H,103,120,124)(H,104,121,125). The highest BCUT2D eigenvalue weighted by Crippen LogP contribution is 2.51. The molecule has 2 aliphatic carbocycles. The lowest BCUT2D eigenvalue weighted by atomic mass is 9.60. The van der Waals surface area contributed by atoms with Crippen LogP contribution in [-0.4, -0.2) is 258 Å². The summed E-state index contributed by atoms with van der Waals surface area (Å²) in [7, 11) is 5.81. The molecule has 10 aliphatic heterocycles. The lowest BCUT2D eigenvalue weighted by Crippen LogP contribution is -2.64. The van der Waals surface area contributed by atoms with Crippen molar-refractivity contribution in [2.75, 3.05) is 171 Å². The third-order valence-corrected chi connectivity index (χ3v) is 30.2. The molecule has 7 aromatic rings. The van der Waals surface area contributed by atoms with Gasteiger partial charge in [-0.05, 0) is 200 Å². The van der Waals surface area contributed by atoms with Gasteiger partial charge in [0.05, 0.1) is 73.2 Å². The number of nitrogens with one attached hydrogen (secondary N) is 6. The third-order valence-electron chi connectivity index (χ3n) is 30.2. The number of imide groups is 2. The van der Waals surface area contributed by atoms with Gasteiger partial charge in [-0.3, -0.25) is 68.4 Å². The molecule has 690 valence electrons. The van der Waals surface area contributed by atoms with Crippen molar-refractivity contribution in [3.8, 4) is 11.5 Å². The number of para-hydroxylation sites is 1. The fourth-order valence-electron chi connectivity index (χ4n) is 22.5. The van der Waals surface area contributed by atoms with Gasteiger partial charge >= 0.3 is 17.5 Å². The summed E-state index contributed by atoms with van der Waals surface area (Å²) in [6.07, 6.45) is 16.8. The molecule has 12 aliphatic rings. The summed E-state index contributed by atoms with van der Waals surface area (Å²) in [6, 6.07) is 19.8. The van der Waals surface area contributed by atoms with Gasteiger partial charge in [-0.2, -0.15) is 27.5 Å². The van der Waals surface area contributed by atoms with Gasteiger partial charge in [0.15, 0.2) is 11.6 Å². The number of hydrazine groups is 1. The number of ether oxygens (including phenoxy) is 2. The molecule has 2 saturated carbocycles. The van der Waals surface area contributed by atoms with Gasteiger partial charge in [-0.15, -0.1) is 0 Å². The molecule has 3 unspecified atom stereocenters. The second kappa shape index (κ2) is 34.8. The topological polar surface area (TPSA) is 351 Å². The zero-order valence-electron chi connectivity index (χ0n) is 74.1. The Morgan fingerprint density at radius 1 is 0.585 bits per heavy atom. The predicted octanol–water partition coefficient (Wildman–Crippen LogP) is 8.66. The summed E-state index contributed by atoms with van der Waals surface area (Å²) in [5.74, 6) is -9.99. The number of carbonyl (C=O) groups is 8. The maximum absolute atomic E-state index is 16.8. The average Bonchev–Trinajstić information content (AvgIpc) is 1.31. The minimum atomic E-state index is -3.98. The first-order chi connectivity index (χ1) is 62.5. The quantitative estimate of drug-likeness (QED) is 0.0273. The third kappa shape index (κ3) is 16.9. The maximum Gasteiger partial charge on any atom is 0.342 e. The lowest BCUT2D eigenvalue weighted by Gasteiger charge is -2.57. The number of halogens is 4. The summed E-state index contributed by atoms with van der Waals surface area (Å²) in [5, 5.41) is 16.4. The Labute approximate surface area is 749 Å². The number of hydrogen-bond acceptors (Lipinski definition) is 26. The SMILES string of the molecule is COc1cc(C(=O)NN2CCC(N3CC4(CCN(c5cccc6c5n(C)c(=O)n6C5CCC(=O)NC5=O)CC4)C3)CC2)ccc1Nc1ncc2c(n1)N(C(C)CCN1C(=O)C(F)(F)CN(C3CCCC3)c3nc(Nc4ccc(C(=O)NC5CC6(CCN(CC7CCN(c8cccc(N9CCC%10(CCC(=O)NC%10=O)C9)n8)CC7)CC6)C5)cc4OC)ncc31)CC(F)(F)C(=O)N2C. The largest absolute Gasteiger partial charge is 0.495 e. The Kier molecular flexibility index (Phi) is 23.4. The Hall–Kier alpha value is -11.8. The first-order valence-electron chi connectivity index (χ1n) is 46.0. The molecule has 130 heavy (non-hydrogen) atoms. The summed E-state index contributed by atoms with van der Waals surface area (Å²) in [4.78, 5) is 159. The van der Waals surface area contributed by atoms with E-state index in [1.165, 1.54) is 48.0 Å². The van der Waals surface area contributed by atoms with E-state index in [2.05, 4.69) is 72.5 Å². The van der Waals surface area contributed by atoms with Crippen LogP contribution in [0.5, 0.6) is 11.5 Å². The van der Waals surface area contributed by atoms with Gasteiger partial charge in [-0.25, -0.2) is 24.8 Å². The fourth-order valence-corrected chi connectivity index (χ4v) is 22.5. The molecule has 6 N–H and O–H groups in total. The van der Waals surface area contributed by atoms with Gasteiger partial charge in [0, 0.05) is 141 Å². The van der Waals surface area contributed by atoms with Crippen molar-refractivity contribution >= 4 is 122 Å². The number of aromatic nitrogens is 7. The van der Waals surface area contributed by atoms with Crippen LogP contribution in [0.2, 0.25) is 0 Å². The molecule has 38 heteroatoms. The van der Waals surface area contributed by atoms with E-state index in [1.807, 2.05) is 35.3 Å². The molecule has 4 aromatic heterocycles. The van der Waals surface area contributed by atoms with Crippen molar-refractivity contribution in [3.05, 3.63) is 107 Å². The Balaban J connectivity index is 0.456. The van der Waals surface area contributed by atoms with Gasteiger partial charge in [0.1, 0.15) is 40.6 Å². The van der Waals surface area contributed by atoms with Crippen LogP contribution in [0.4, 0.5) is 81.2 Å². The van der Waals surface area contributed by atoms with Crippen molar-refractivity contribution in [3.63, 3.8) is 0 Å². The molecule has 0 radical (unpaired) electrons. The van der Waals surface area contributed by atoms with E-state index in [0.717, 1.165) is 175 Å². The molecule has 8 amide bonds. The number of anilines is 11. The monoisotopic (exact) mass is 1790 g/mol. The number of amides is 8. The highest BCUT2D eigenvalue weighted by molar-refractivity contribution is 6.05. The van der Waals surface area contributed by atoms with Crippen molar-refractivity contribution in [2.45, 2.75) is 177 Å². The van der Waals surface area contributed by atoms with E-state index in [-0.39, 0.29) is 123 Å². The second-order valence-corrected chi connectivity index (χ2v) is 38.3. The van der Waals surface area contributed by atoms with E-state index in [1.54, 1.807) is 54.9 Å². The number of carbonyl (C=O) groups excluding carboxylic acids is 8. The Morgan fingerprint density at radius 2 is 1.21 bits per heavy atom. The first kappa shape index (κ1) is 87.5. The lowest BCUT2D eigenvalue weighted by molar-refractivity contribution is -0.141. The van der Waals surface area contributed by atoms with Gasteiger partial charge in [0.2, 0.25) is 35.5 Å². The van der Waals surface area contributed by atoms with Crippen molar-refractivity contribution < 1.29 is 65.4 Å². The number of fused-ring (bicyclic) bond motifs is 3. The number of likely N-dealkylation sites (tertiary alicyclic amines) is 2. The van der Waals surface area contributed by atoms with E-state index in [0.29, 0.717) is 86.2 Å². The van der Waals surface area contributed by atoms with Crippen LogP contribution in [0.3, 0.4) is 0 Å². The molecule has 8 saturated heterocycles. The number of benzene rings is 3. The molecule has 3 aromatic carbocycles. The number of pyridine rings is 1. The van der Waals surface area contributed by atoms with E-state index >= 15 is 17.6 Å². The van der Waals surface area contributed by atoms with Gasteiger partial charge < -0.3 is 64.6 Å². The van der Waals surface area contributed by atoms with E-state index in [4.69, 9.17) is 24.4 Å². The highest BCUT2D eigenvalue weighted by atomic mass is 19.3. The number of rotatable bonds is 22. The molecule has 0 bridgehead atoms. The maximum atomic E-state index is 16.8. The summed E-state index contributed by atoms with van der Waals surface area (Å²) < 4.78 is 81.0. The number of methoxy groups -OCH3 is 2. The number of aryl methyl sites for hydroxylation is 1. The molecule has 3 atom stereocenters. The second-order valence-electron chi connectivity index (χ2n) is 38.3. The van der Waals surface area contributed by atoms with Crippen LogP contribution < -0.4 is 81.5 Å². The Morgan fingerprint density at radius 3 is 1.88 bits per heavy atom. The van der Waals surface area contributed by atoms with Gasteiger partial charge in [-0.1, -0.05) is 25.0 Å². The summed E-state index contributed by atoms with van der Waals surface area (Å²) in [5.41, 5.74) is 6.22. The zero-order chi connectivity index (χ0) is 90.5. The molecule has 14 heterocycles. The first-order valence-corrected chi connectivity index (χ1v) is 46.0. The normalized spacial score (nSPS) is 23.7. The van der Waals surface area contributed by atoms with E-state index < -0.39 is 72.7 Å². The summed E-state index contributed by atoms with van der Waals surface area (Å²) >= 11 is 0. The van der Waals surface area contributed by atoms with Crippen LogP contribution in [-0.2, 0) is 35.8 Å². The fraction of sp³-hybridized carbons (Fsp3) is 0.565. The predicted molar refractivity (Wildman–Crippen MR) is 479 cm³/mol. The number of imidazole rings is 1. The number of alkyl halides is 4. The summed E-state index contributed by atoms with van der Waals surface area (Å²) in [6.45, 7) is 10.0. The van der Waals surface area contributed by atoms with Crippen LogP contribution in [0.1, 0.15) is 162 Å². The van der Waals surface area contributed by atoms with Crippen molar-refractivity contribution in [1.82, 2.24) is 70.2 Å². The highest BCUT2D eigenvalue weighted by Gasteiger charge is 2.55. The van der Waals surface area contributed by atoms with Crippen LogP contribution in [0.15, 0.2) is 90.0 Å². The molecule has 19 rings (SSSR count). The van der Waals surface area contributed by atoms with E-state index in [9.17, 15) is 43.2 Å². The minimum absolute atomic E-state index is 0.00681. The van der Waals surface area contributed by atoms with Crippen LogP contribution in [0.25, 0.3) is 11.0 Å².